The van der Waals surface area contributed by atoms with Gasteiger partial charge < -0.3 is 10.1 Å². The van der Waals surface area contributed by atoms with Crippen molar-refractivity contribution in [3.63, 3.8) is 0 Å². The number of nitrogens with one attached hydrogen (secondary N) is 1. The third-order valence-corrected chi connectivity index (χ3v) is 2.95. The van der Waals surface area contributed by atoms with E-state index in [-0.39, 0.29) is 12.5 Å². The van der Waals surface area contributed by atoms with Gasteiger partial charge in [0, 0.05) is 6.08 Å². The van der Waals surface area contributed by atoms with E-state index in [0.29, 0.717) is 6.61 Å². The topological polar surface area (TPSA) is 55.4 Å². The number of amides is 1. The van der Waals surface area contributed by atoms with Crippen LogP contribution in [-0.2, 0) is 14.3 Å². The second-order valence-corrected chi connectivity index (χ2v) is 4.42. The fraction of sp³-hybridized carbons (Fsp3) is 0.176. The Labute approximate surface area is 123 Å². The number of carbonyl (C=O) groups excluding carboxylic acids is 2. The van der Waals surface area contributed by atoms with Gasteiger partial charge >= 0.3 is 5.97 Å². The van der Waals surface area contributed by atoms with E-state index in [9.17, 15) is 9.59 Å². The first-order valence-corrected chi connectivity index (χ1v) is 6.80. The fourth-order valence-electron chi connectivity index (χ4n) is 1.99. The Kier molecular flexibility index (Phi) is 5.10. The van der Waals surface area contributed by atoms with E-state index in [1.807, 2.05) is 42.5 Å². The average molecular weight is 283 g/mol. The summed E-state index contributed by atoms with van der Waals surface area (Å²) in [7, 11) is 0. The van der Waals surface area contributed by atoms with Crippen LogP contribution in [0.3, 0.4) is 0 Å². The number of rotatable bonds is 5. The number of carbonyl (C=O) groups is 2. The lowest BCUT2D eigenvalue weighted by Gasteiger charge is -2.03. The number of benzene rings is 2. The van der Waals surface area contributed by atoms with Crippen LogP contribution in [0.15, 0.2) is 48.5 Å². The van der Waals surface area contributed by atoms with Crippen molar-refractivity contribution in [2.75, 3.05) is 13.2 Å². The van der Waals surface area contributed by atoms with Gasteiger partial charge in [0.25, 0.3) is 0 Å². The molecule has 0 fully saturated rings. The third-order valence-electron chi connectivity index (χ3n) is 2.95. The van der Waals surface area contributed by atoms with Crippen LogP contribution in [0, 0.1) is 0 Å². The van der Waals surface area contributed by atoms with Crippen LogP contribution >= 0.6 is 0 Å². The van der Waals surface area contributed by atoms with Gasteiger partial charge in [-0.2, -0.15) is 0 Å². The van der Waals surface area contributed by atoms with E-state index in [1.165, 1.54) is 6.08 Å². The maximum Gasteiger partial charge on any atom is 0.325 e. The minimum atomic E-state index is -0.440. The predicted molar refractivity (Wildman–Crippen MR) is 82.6 cm³/mol. The molecule has 0 heterocycles. The van der Waals surface area contributed by atoms with Crippen LogP contribution in [0.25, 0.3) is 16.8 Å². The second kappa shape index (κ2) is 7.24. The van der Waals surface area contributed by atoms with E-state index in [4.69, 9.17) is 4.74 Å². The van der Waals surface area contributed by atoms with E-state index >= 15 is 0 Å². The van der Waals surface area contributed by atoms with Gasteiger partial charge in [0.1, 0.15) is 6.54 Å². The van der Waals surface area contributed by atoms with Gasteiger partial charge in [-0.1, -0.05) is 42.5 Å². The Morgan fingerprint density at radius 3 is 2.71 bits per heavy atom. The van der Waals surface area contributed by atoms with E-state index in [1.54, 1.807) is 13.0 Å². The van der Waals surface area contributed by atoms with Gasteiger partial charge in [0.05, 0.1) is 6.61 Å². The zero-order chi connectivity index (χ0) is 15.1. The SMILES string of the molecule is CCOC(=O)CNC(=O)/C=C/c1cccc2ccccc12. The summed E-state index contributed by atoms with van der Waals surface area (Å²) in [6, 6.07) is 13.9. The van der Waals surface area contributed by atoms with E-state index < -0.39 is 5.97 Å². The van der Waals surface area contributed by atoms with Crippen molar-refractivity contribution in [3.05, 3.63) is 54.1 Å². The van der Waals surface area contributed by atoms with Crippen molar-refractivity contribution >= 4 is 28.7 Å². The molecule has 0 unspecified atom stereocenters. The molecule has 1 N–H and O–H groups in total. The molecule has 0 bridgehead atoms. The zero-order valence-electron chi connectivity index (χ0n) is 11.8. The number of esters is 1. The van der Waals surface area contributed by atoms with Gasteiger partial charge in [0.15, 0.2) is 0 Å². The molecule has 0 aromatic heterocycles. The summed E-state index contributed by atoms with van der Waals surface area (Å²) in [5, 5.41) is 4.68. The fourth-order valence-corrected chi connectivity index (χ4v) is 1.99. The Morgan fingerprint density at radius 1 is 1.14 bits per heavy atom. The Morgan fingerprint density at radius 2 is 1.90 bits per heavy atom. The highest BCUT2D eigenvalue weighted by atomic mass is 16.5. The smallest absolute Gasteiger partial charge is 0.325 e. The van der Waals surface area contributed by atoms with Gasteiger partial charge in [0.2, 0.25) is 5.91 Å². The Hall–Kier alpha value is -2.62. The maximum absolute atomic E-state index is 11.7. The van der Waals surface area contributed by atoms with Crippen LogP contribution in [0.5, 0.6) is 0 Å². The molecule has 0 saturated carbocycles. The lowest BCUT2D eigenvalue weighted by atomic mass is 10.0. The molecule has 108 valence electrons. The molecule has 21 heavy (non-hydrogen) atoms. The number of fused-ring (bicyclic) bond motifs is 1. The van der Waals surface area contributed by atoms with Crippen LogP contribution in [0.1, 0.15) is 12.5 Å². The Balaban J connectivity index is 2.02. The molecule has 0 radical (unpaired) electrons. The van der Waals surface area contributed by atoms with Crippen molar-refractivity contribution < 1.29 is 14.3 Å². The van der Waals surface area contributed by atoms with Crippen LogP contribution in [0.2, 0.25) is 0 Å². The zero-order valence-corrected chi connectivity index (χ0v) is 11.8. The van der Waals surface area contributed by atoms with E-state index in [2.05, 4.69) is 5.32 Å². The second-order valence-electron chi connectivity index (χ2n) is 4.42. The summed E-state index contributed by atoms with van der Waals surface area (Å²) >= 11 is 0. The van der Waals surface area contributed by atoms with Gasteiger partial charge in [-0.25, -0.2) is 0 Å². The Bertz CT molecular complexity index is 671. The normalized spacial score (nSPS) is 10.7. The molecule has 2 aromatic rings. The molecule has 0 aliphatic carbocycles. The van der Waals surface area contributed by atoms with Crippen molar-refractivity contribution in [2.45, 2.75) is 6.92 Å². The van der Waals surface area contributed by atoms with Crippen LogP contribution < -0.4 is 5.32 Å². The molecule has 4 heteroatoms. The molecule has 0 aliphatic rings. The summed E-state index contributed by atoms with van der Waals surface area (Å²) in [4.78, 5) is 22.8. The minimum absolute atomic E-state index is 0.119. The highest BCUT2D eigenvalue weighted by Gasteiger charge is 2.03. The number of hydrogen-bond acceptors (Lipinski definition) is 3. The first kappa shape index (κ1) is 14.8. The average Bonchev–Trinajstić information content (AvgIpc) is 2.51. The quantitative estimate of drug-likeness (QED) is 0.677. The van der Waals surface area contributed by atoms with Crippen molar-refractivity contribution in [1.29, 1.82) is 0 Å². The first-order chi connectivity index (χ1) is 10.2. The molecule has 2 aromatic carbocycles. The predicted octanol–water partition coefficient (Wildman–Crippen LogP) is 2.53. The van der Waals surface area contributed by atoms with Crippen LogP contribution in [0.4, 0.5) is 0 Å². The molecular formula is C17H17NO3. The van der Waals surface area contributed by atoms with Crippen molar-refractivity contribution in [1.82, 2.24) is 5.32 Å². The molecular weight excluding hydrogens is 266 g/mol. The molecule has 0 spiro atoms. The van der Waals surface area contributed by atoms with Crippen molar-refractivity contribution in [2.24, 2.45) is 0 Å². The van der Waals surface area contributed by atoms with Gasteiger partial charge in [-0.05, 0) is 29.3 Å². The molecule has 0 aliphatic heterocycles. The maximum atomic E-state index is 11.7. The number of ether oxygens (including phenoxy) is 1. The highest BCUT2D eigenvalue weighted by Crippen LogP contribution is 2.19. The summed E-state index contributed by atoms with van der Waals surface area (Å²) < 4.78 is 4.73. The molecule has 0 saturated heterocycles. The first-order valence-electron chi connectivity index (χ1n) is 6.80. The molecule has 2 rings (SSSR count). The molecule has 0 atom stereocenters. The lowest BCUT2D eigenvalue weighted by Crippen LogP contribution is -2.29. The minimum Gasteiger partial charge on any atom is -0.465 e. The van der Waals surface area contributed by atoms with E-state index in [0.717, 1.165) is 16.3 Å². The summed E-state index contributed by atoms with van der Waals surface area (Å²) in [6.45, 7) is 1.91. The molecule has 4 nitrogen and oxygen atoms in total. The van der Waals surface area contributed by atoms with Crippen LogP contribution in [-0.4, -0.2) is 25.0 Å². The van der Waals surface area contributed by atoms with Crippen molar-refractivity contribution in [3.8, 4) is 0 Å². The third kappa shape index (κ3) is 4.18. The summed E-state index contributed by atoms with van der Waals surface area (Å²) in [6.07, 6.45) is 3.16. The summed E-state index contributed by atoms with van der Waals surface area (Å²) in [5.74, 6) is -0.764. The van der Waals surface area contributed by atoms with Gasteiger partial charge in [-0.3, -0.25) is 9.59 Å². The largest absolute Gasteiger partial charge is 0.465 e. The molecule has 1 amide bonds. The highest BCUT2D eigenvalue weighted by molar-refractivity contribution is 5.97. The summed E-state index contributed by atoms with van der Waals surface area (Å²) in [5.41, 5.74) is 0.958. The lowest BCUT2D eigenvalue weighted by molar-refractivity contribution is -0.143. The number of hydrogen-bond donors (Lipinski definition) is 1. The van der Waals surface area contributed by atoms with Gasteiger partial charge in [-0.15, -0.1) is 0 Å². The standard InChI is InChI=1S/C17H17NO3/c1-2-21-17(20)12-18-16(19)11-10-14-8-5-7-13-6-3-4-9-15(13)14/h3-11H,2,12H2,1H3,(H,18,19)/b11-10+. The monoisotopic (exact) mass is 283 g/mol.